The van der Waals surface area contributed by atoms with Gasteiger partial charge in [0.1, 0.15) is 0 Å². The van der Waals surface area contributed by atoms with Gasteiger partial charge >= 0.3 is 0 Å². The summed E-state index contributed by atoms with van der Waals surface area (Å²) in [6, 6.07) is 14.7. The number of rotatable bonds is 9. The van der Waals surface area contributed by atoms with Crippen molar-refractivity contribution in [2.24, 2.45) is 5.92 Å². The maximum atomic E-state index is 12.3. The number of β-amino-alcohol motifs (C(OH)–C–C–N with tert-alkyl or cyclic N) is 1. The van der Waals surface area contributed by atoms with Crippen molar-refractivity contribution in [1.29, 1.82) is 0 Å². The van der Waals surface area contributed by atoms with Gasteiger partial charge in [0.2, 0.25) is 5.91 Å². The van der Waals surface area contributed by atoms with Crippen molar-refractivity contribution in [3.05, 3.63) is 48.0 Å². The summed E-state index contributed by atoms with van der Waals surface area (Å²) in [6.45, 7) is 5.44. The first-order valence-corrected chi connectivity index (χ1v) is 10.8. The van der Waals surface area contributed by atoms with Crippen molar-refractivity contribution < 1.29 is 9.90 Å². The number of hydrogen-bond donors (Lipinski definition) is 2. The molecule has 1 fully saturated rings. The number of hydrogen-bond acceptors (Lipinski definition) is 3. The molecule has 0 aliphatic carbocycles. The van der Waals surface area contributed by atoms with Crippen molar-refractivity contribution in [2.75, 3.05) is 26.2 Å². The zero-order valence-corrected chi connectivity index (χ0v) is 17.1. The van der Waals surface area contributed by atoms with Crippen LogP contribution in [0, 0.1) is 5.92 Å². The van der Waals surface area contributed by atoms with E-state index in [-0.39, 0.29) is 17.9 Å². The van der Waals surface area contributed by atoms with E-state index < -0.39 is 0 Å². The number of aliphatic hydroxyl groups excluding tert-OH is 1. The lowest BCUT2D eigenvalue weighted by atomic mass is 9.95. The highest BCUT2D eigenvalue weighted by Crippen LogP contribution is 2.20. The Hall–Kier alpha value is -1.91. The smallest absolute Gasteiger partial charge is 0.223 e. The summed E-state index contributed by atoms with van der Waals surface area (Å²) in [6.07, 6.45) is 5.50. The highest BCUT2D eigenvalue weighted by Gasteiger charge is 2.25. The number of carbonyl (C=O) groups excluding carboxylic acids is 1. The number of carbonyl (C=O) groups is 1. The molecule has 3 rings (SSSR count). The minimum Gasteiger partial charge on any atom is -0.391 e. The van der Waals surface area contributed by atoms with Crippen LogP contribution in [0.25, 0.3) is 10.8 Å². The Labute approximate surface area is 168 Å². The fourth-order valence-electron chi connectivity index (χ4n) is 4.11. The Morgan fingerprint density at radius 3 is 2.64 bits per heavy atom. The third kappa shape index (κ3) is 6.05. The summed E-state index contributed by atoms with van der Waals surface area (Å²) < 4.78 is 0. The minimum atomic E-state index is -0.374. The highest BCUT2D eigenvalue weighted by molar-refractivity contribution is 5.83. The first-order valence-electron chi connectivity index (χ1n) is 10.8. The Morgan fingerprint density at radius 2 is 1.89 bits per heavy atom. The molecule has 2 N–H and O–H groups in total. The number of nitrogens with zero attached hydrogens (tertiary/aromatic N) is 1. The Kier molecular flexibility index (Phi) is 7.87. The topological polar surface area (TPSA) is 52.6 Å². The van der Waals surface area contributed by atoms with Gasteiger partial charge in [-0.2, -0.15) is 0 Å². The number of benzene rings is 2. The van der Waals surface area contributed by atoms with Crippen LogP contribution in [0.15, 0.2) is 42.5 Å². The summed E-state index contributed by atoms with van der Waals surface area (Å²) in [5, 5.41) is 16.1. The van der Waals surface area contributed by atoms with Crippen LogP contribution in [-0.2, 0) is 11.2 Å². The van der Waals surface area contributed by atoms with E-state index in [9.17, 15) is 9.90 Å². The van der Waals surface area contributed by atoms with E-state index >= 15 is 0 Å². The zero-order valence-electron chi connectivity index (χ0n) is 17.1. The molecule has 1 saturated heterocycles. The number of fused-ring (bicyclic) bond motifs is 1. The van der Waals surface area contributed by atoms with Crippen LogP contribution in [0.1, 0.15) is 44.6 Å². The second-order valence-corrected chi connectivity index (χ2v) is 8.11. The van der Waals surface area contributed by atoms with Crippen LogP contribution in [-0.4, -0.2) is 48.2 Å². The molecule has 4 heteroatoms. The van der Waals surface area contributed by atoms with Crippen LogP contribution < -0.4 is 5.32 Å². The monoisotopic (exact) mass is 382 g/mol. The van der Waals surface area contributed by atoms with Gasteiger partial charge in [-0.05, 0) is 55.1 Å². The van der Waals surface area contributed by atoms with Gasteiger partial charge in [0.05, 0.1) is 6.10 Å². The first kappa shape index (κ1) is 20.8. The minimum absolute atomic E-state index is 0.135. The summed E-state index contributed by atoms with van der Waals surface area (Å²) in [4.78, 5) is 14.6. The molecule has 4 nitrogen and oxygen atoms in total. The number of likely N-dealkylation sites (tertiary alicyclic amines) is 1. The second kappa shape index (κ2) is 10.6. The lowest BCUT2D eigenvalue weighted by Gasteiger charge is -2.32. The van der Waals surface area contributed by atoms with Crippen LogP contribution >= 0.6 is 0 Å². The summed E-state index contributed by atoms with van der Waals surface area (Å²) in [5.74, 6) is 0.350. The van der Waals surface area contributed by atoms with Crippen LogP contribution in [0.3, 0.4) is 0 Å². The molecule has 2 aromatic rings. The van der Waals surface area contributed by atoms with Crippen LogP contribution in [0.2, 0.25) is 0 Å². The van der Waals surface area contributed by atoms with E-state index in [1.165, 1.54) is 29.2 Å². The third-order valence-corrected chi connectivity index (χ3v) is 5.79. The summed E-state index contributed by atoms with van der Waals surface area (Å²) >= 11 is 0. The van der Waals surface area contributed by atoms with Gasteiger partial charge in [0.15, 0.2) is 0 Å². The predicted octanol–water partition coefficient (Wildman–Crippen LogP) is 3.76. The third-order valence-electron chi connectivity index (χ3n) is 5.79. The largest absolute Gasteiger partial charge is 0.391 e. The second-order valence-electron chi connectivity index (χ2n) is 8.11. The van der Waals surface area contributed by atoms with Crippen molar-refractivity contribution in [3.63, 3.8) is 0 Å². The summed E-state index contributed by atoms with van der Waals surface area (Å²) in [7, 11) is 0. The van der Waals surface area contributed by atoms with E-state index in [4.69, 9.17) is 0 Å². The zero-order chi connectivity index (χ0) is 19.8. The normalized spacial score (nSPS) is 16.9. The number of nitrogens with one attached hydrogen (secondary N) is 1. The molecule has 0 spiro atoms. The Morgan fingerprint density at radius 1 is 1.14 bits per heavy atom. The molecule has 1 unspecified atom stereocenters. The number of unbranched alkanes of at least 4 members (excludes halogenated alkanes) is 2. The number of amides is 1. The fraction of sp³-hybridized carbons (Fsp3) is 0.542. The SMILES string of the molecule is CCCCCNC(=O)C1CCN(CC(O)Cc2ccc3ccccc3c2)CC1. The lowest BCUT2D eigenvalue weighted by Crippen LogP contribution is -2.43. The molecule has 1 aliphatic heterocycles. The van der Waals surface area contributed by atoms with Crippen molar-refractivity contribution in [1.82, 2.24) is 10.2 Å². The molecule has 2 aromatic carbocycles. The van der Waals surface area contributed by atoms with Crippen LogP contribution in [0.4, 0.5) is 0 Å². The fourth-order valence-corrected chi connectivity index (χ4v) is 4.11. The number of aliphatic hydroxyl groups is 1. The molecule has 1 atom stereocenters. The van der Waals surface area contributed by atoms with Gasteiger partial charge in [-0.15, -0.1) is 0 Å². The quantitative estimate of drug-likeness (QED) is 0.649. The molecule has 152 valence electrons. The molecule has 0 radical (unpaired) electrons. The number of piperidine rings is 1. The molecule has 1 aliphatic rings. The average Bonchev–Trinajstić information content (AvgIpc) is 2.71. The summed E-state index contributed by atoms with van der Waals surface area (Å²) in [5.41, 5.74) is 1.17. The van der Waals surface area contributed by atoms with Gasteiger partial charge in [-0.3, -0.25) is 4.79 Å². The lowest BCUT2D eigenvalue weighted by molar-refractivity contribution is -0.126. The molecular weight excluding hydrogens is 348 g/mol. The van der Waals surface area contributed by atoms with Crippen molar-refractivity contribution in [2.45, 2.75) is 51.6 Å². The van der Waals surface area contributed by atoms with Gasteiger partial charge in [-0.1, -0.05) is 62.2 Å². The Balaban J connectivity index is 1.40. The maximum absolute atomic E-state index is 12.3. The van der Waals surface area contributed by atoms with Crippen molar-refractivity contribution in [3.8, 4) is 0 Å². The maximum Gasteiger partial charge on any atom is 0.223 e. The van der Waals surface area contributed by atoms with Gasteiger partial charge in [0, 0.05) is 19.0 Å². The predicted molar refractivity (Wildman–Crippen MR) is 115 cm³/mol. The standard InChI is InChI=1S/C24H34N2O2/c1-2-3-6-13-25-24(28)21-11-14-26(15-12-21)18-23(27)17-19-9-10-20-7-4-5-8-22(20)16-19/h4-5,7-10,16,21,23,27H,2-3,6,11-15,17-18H2,1H3,(H,25,28). The average molecular weight is 383 g/mol. The molecule has 0 bridgehead atoms. The van der Waals surface area contributed by atoms with E-state index in [0.717, 1.165) is 38.9 Å². The molecular formula is C24H34N2O2. The van der Waals surface area contributed by atoms with E-state index in [1.54, 1.807) is 0 Å². The molecule has 1 amide bonds. The van der Waals surface area contributed by atoms with Crippen LogP contribution in [0.5, 0.6) is 0 Å². The highest BCUT2D eigenvalue weighted by atomic mass is 16.3. The molecule has 0 aromatic heterocycles. The van der Waals surface area contributed by atoms with E-state index in [1.807, 2.05) is 12.1 Å². The first-order chi connectivity index (χ1) is 13.7. The van der Waals surface area contributed by atoms with Gasteiger partial charge in [-0.25, -0.2) is 0 Å². The van der Waals surface area contributed by atoms with Crippen molar-refractivity contribution >= 4 is 16.7 Å². The van der Waals surface area contributed by atoms with E-state index in [2.05, 4.69) is 47.5 Å². The molecule has 1 heterocycles. The van der Waals surface area contributed by atoms with E-state index in [0.29, 0.717) is 13.0 Å². The van der Waals surface area contributed by atoms with Gasteiger partial charge in [0.25, 0.3) is 0 Å². The van der Waals surface area contributed by atoms with Gasteiger partial charge < -0.3 is 15.3 Å². The molecule has 0 saturated carbocycles. The Bertz CT molecular complexity index is 753. The molecule has 28 heavy (non-hydrogen) atoms.